The average Bonchev–Trinajstić information content (AvgIpc) is 2.26. The van der Waals surface area contributed by atoms with Crippen LogP contribution in [0.2, 0.25) is 0 Å². The first-order valence-electron chi connectivity index (χ1n) is 4.82. The van der Waals surface area contributed by atoms with Gasteiger partial charge in [-0.15, -0.1) is 0 Å². The van der Waals surface area contributed by atoms with Gasteiger partial charge in [0.1, 0.15) is 6.29 Å². The molecule has 0 saturated carbocycles. The van der Waals surface area contributed by atoms with Crippen LogP contribution in [0, 0.1) is 10.1 Å². The molecule has 1 aromatic rings. The Kier molecular flexibility index (Phi) is 4.92. The standard InChI is InChI=1S/C10H11NO5S/c12-5-1-2-9-4-3-8(7-17(15)16)6-10(9)11(13)14/h3-6H,1-2,7H2,(H,15,16). The predicted molar refractivity (Wildman–Crippen MR) is 62.0 cm³/mol. The lowest BCUT2D eigenvalue weighted by molar-refractivity contribution is -0.385. The number of nitro benzene ring substituents is 1. The molecule has 0 heterocycles. The Morgan fingerprint density at radius 2 is 2.18 bits per heavy atom. The van der Waals surface area contributed by atoms with Crippen molar-refractivity contribution in [2.24, 2.45) is 0 Å². The van der Waals surface area contributed by atoms with Crippen molar-refractivity contribution in [1.29, 1.82) is 0 Å². The van der Waals surface area contributed by atoms with Crippen molar-refractivity contribution in [2.75, 3.05) is 0 Å². The average molecular weight is 257 g/mol. The van der Waals surface area contributed by atoms with Crippen LogP contribution >= 0.6 is 0 Å². The summed E-state index contributed by atoms with van der Waals surface area (Å²) >= 11 is -2.03. The molecule has 0 aliphatic heterocycles. The summed E-state index contributed by atoms with van der Waals surface area (Å²) < 4.78 is 19.3. The third-order valence-electron chi connectivity index (χ3n) is 2.17. The zero-order chi connectivity index (χ0) is 12.8. The van der Waals surface area contributed by atoms with Gasteiger partial charge in [0.05, 0.1) is 10.7 Å². The molecule has 1 N–H and O–H groups in total. The normalized spacial score (nSPS) is 12.1. The van der Waals surface area contributed by atoms with Gasteiger partial charge in [-0.25, -0.2) is 4.21 Å². The van der Waals surface area contributed by atoms with Crippen molar-refractivity contribution < 1.29 is 18.5 Å². The molecule has 0 aromatic heterocycles. The van der Waals surface area contributed by atoms with E-state index in [1.807, 2.05) is 0 Å². The molecule has 0 fully saturated rings. The molecule has 0 aliphatic carbocycles. The van der Waals surface area contributed by atoms with Crippen molar-refractivity contribution >= 4 is 23.1 Å². The molecule has 0 amide bonds. The molecule has 17 heavy (non-hydrogen) atoms. The topological polar surface area (TPSA) is 97.5 Å². The van der Waals surface area contributed by atoms with Crippen LogP contribution in [0.1, 0.15) is 17.5 Å². The summed E-state index contributed by atoms with van der Waals surface area (Å²) in [6.45, 7) is 0. The first kappa shape index (κ1) is 13.5. The molecule has 1 unspecified atom stereocenters. The minimum atomic E-state index is -2.03. The maximum atomic E-state index is 10.8. The summed E-state index contributed by atoms with van der Waals surface area (Å²) in [7, 11) is 0. The van der Waals surface area contributed by atoms with Crippen LogP contribution in [-0.2, 0) is 28.0 Å². The third-order valence-corrected chi connectivity index (χ3v) is 2.75. The Morgan fingerprint density at radius 1 is 1.47 bits per heavy atom. The Labute approximate surface area is 100 Å². The smallest absolute Gasteiger partial charge is 0.272 e. The molecule has 6 nitrogen and oxygen atoms in total. The molecule has 0 saturated heterocycles. The summed E-state index contributed by atoms with van der Waals surface area (Å²) in [5, 5.41) is 10.8. The number of rotatable bonds is 6. The van der Waals surface area contributed by atoms with Crippen molar-refractivity contribution in [1.82, 2.24) is 0 Å². The monoisotopic (exact) mass is 257 g/mol. The van der Waals surface area contributed by atoms with E-state index in [2.05, 4.69) is 0 Å². The van der Waals surface area contributed by atoms with E-state index < -0.39 is 16.0 Å². The lowest BCUT2D eigenvalue weighted by atomic mass is 10.1. The van der Waals surface area contributed by atoms with Crippen LogP contribution in [0.4, 0.5) is 5.69 Å². The van der Waals surface area contributed by atoms with E-state index in [4.69, 9.17) is 4.55 Å². The molecule has 92 valence electrons. The Balaban J connectivity index is 3.03. The third kappa shape index (κ3) is 4.04. The van der Waals surface area contributed by atoms with Gasteiger partial charge in [-0.2, -0.15) is 0 Å². The van der Waals surface area contributed by atoms with Crippen LogP contribution in [0.5, 0.6) is 0 Å². The Morgan fingerprint density at radius 3 is 2.71 bits per heavy atom. The highest BCUT2D eigenvalue weighted by molar-refractivity contribution is 7.78. The van der Waals surface area contributed by atoms with E-state index in [-0.39, 0.29) is 17.9 Å². The molecule has 0 aliphatic rings. The van der Waals surface area contributed by atoms with Gasteiger partial charge < -0.3 is 9.35 Å². The number of hydrogen-bond acceptors (Lipinski definition) is 4. The van der Waals surface area contributed by atoms with Gasteiger partial charge in [0.2, 0.25) is 0 Å². The summed E-state index contributed by atoms with van der Waals surface area (Å²) in [4.78, 5) is 20.5. The molecule has 1 rings (SSSR count). The lowest BCUT2D eigenvalue weighted by Crippen LogP contribution is -1.99. The predicted octanol–water partition coefficient (Wildman–Crippen LogP) is 1.45. The minimum Gasteiger partial charge on any atom is -0.306 e. The lowest BCUT2D eigenvalue weighted by Gasteiger charge is -2.03. The molecule has 1 aromatic carbocycles. The fraction of sp³-hybridized carbons (Fsp3) is 0.300. The van der Waals surface area contributed by atoms with Crippen molar-refractivity contribution in [3.8, 4) is 0 Å². The number of aryl methyl sites for hydroxylation is 1. The van der Waals surface area contributed by atoms with E-state index >= 15 is 0 Å². The zero-order valence-electron chi connectivity index (χ0n) is 8.87. The fourth-order valence-electron chi connectivity index (χ4n) is 1.44. The second-order valence-corrected chi connectivity index (χ2v) is 4.32. The van der Waals surface area contributed by atoms with Gasteiger partial charge in [0, 0.05) is 18.1 Å². The maximum absolute atomic E-state index is 10.8. The number of nitrogens with zero attached hydrogens (tertiary/aromatic N) is 1. The number of nitro groups is 1. The molecule has 0 radical (unpaired) electrons. The van der Waals surface area contributed by atoms with Crippen molar-refractivity contribution in [3.63, 3.8) is 0 Å². The van der Waals surface area contributed by atoms with Gasteiger partial charge in [-0.1, -0.05) is 12.1 Å². The number of aldehydes is 1. The van der Waals surface area contributed by atoms with E-state index in [1.54, 1.807) is 6.07 Å². The van der Waals surface area contributed by atoms with E-state index in [9.17, 15) is 19.1 Å². The summed E-state index contributed by atoms with van der Waals surface area (Å²) in [5.74, 6) is -0.144. The highest BCUT2D eigenvalue weighted by atomic mass is 32.2. The zero-order valence-corrected chi connectivity index (χ0v) is 9.68. The number of carbonyl (C=O) groups is 1. The van der Waals surface area contributed by atoms with Gasteiger partial charge in [0.25, 0.3) is 5.69 Å². The molecule has 0 bridgehead atoms. The van der Waals surface area contributed by atoms with Crippen LogP contribution in [0.3, 0.4) is 0 Å². The van der Waals surface area contributed by atoms with Gasteiger partial charge >= 0.3 is 0 Å². The Bertz CT molecular complexity index is 460. The maximum Gasteiger partial charge on any atom is 0.272 e. The van der Waals surface area contributed by atoms with Gasteiger partial charge in [-0.05, 0) is 12.0 Å². The second-order valence-electron chi connectivity index (χ2n) is 3.39. The van der Waals surface area contributed by atoms with E-state index in [0.29, 0.717) is 23.8 Å². The highest BCUT2D eigenvalue weighted by Gasteiger charge is 2.14. The summed E-state index contributed by atoms with van der Waals surface area (Å²) in [6, 6.07) is 4.35. The van der Waals surface area contributed by atoms with Crippen LogP contribution in [0.25, 0.3) is 0 Å². The first-order chi connectivity index (χ1) is 8.04. The minimum absolute atomic E-state index is 0.116. The van der Waals surface area contributed by atoms with Crippen LogP contribution in [-0.4, -0.2) is 20.0 Å². The summed E-state index contributed by atoms with van der Waals surface area (Å²) in [6.07, 6.45) is 1.20. The largest absolute Gasteiger partial charge is 0.306 e. The van der Waals surface area contributed by atoms with E-state index in [1.165, 1.54) is 12.1 Å². The number of hydrogen-bond donors (Lipinski definition) is 1. The van der Waals surface area contributed by atoms with Crippen molar-refractivity contribution in [2.45, 2.75) is 18.6 Å². The molecule has 0 spiro atoms. The molecule has 7 heteroatoms. The highest BCUT2D eigenvalue weighted by Crippen LogP contribution is 2.22. The molecular formula is C10H11NO5S. The van der Waals surface area contributed by atoms with Gasteiger partial charge in [0.15, 0.2) is 11.1 Å². The second kappa shape index (κ2) is 6.21. The van der Waals surface area contributed by atoms with E-state index in [0.717, 1.165) is 0 Å². The molecular weight excluding hydrogens is 246 g/mol. The van der Waals surface area contributed by atoms with Crippen molar-refractivity contribution in [3.05, 3.63) is 39.4 Å². The Hall–Kier alpha value is -1.60. The first-order valence-corrected chi connectivity index (χ1v) is 6.09. The fourth-order valence-corrected chi connectivity index (χ4v) is 1.90. The number of benzene rings is 1. The van der Waals surface area contributed by atoms with Crippen LogP contribution < -0.4 is 0 Å². The molecule has 1 atom stereocenters. The number of carbonyl (C=O) groups excluding carboxylic acids is 1. The summed E-state index contributed by atoms with van der Waals surface area (Å²) in [5.41, 5.74) is 0.761. The van der Waals surface area contributed by atoms with Crippen LogP contribution in [0.15, 0.2) is 18.2 Å². The quantitative estimate of drug-likeness (QED) is 0.360. The SMILES string of the molecule is O=CCCc1ccc(CS(=O)O)cc1[N+](=O)[O-]. The van der Waals surface area contributed by atoms with Gasteiger partial charge in [-0.3, -0.25) is 10.1 Å².